The average molecular weight is 373 g/mol. The zero-order valence-corrected chi connectivity index (χ0v) is 15.3. The number of ether oxygens (including phenoxy) is 3. The van der Waals surface area contributed by atoms with Crippen LogP contribution in [0.25, 0.3) is 0 Å². The molecule has 0 radical (unpaired) electrons. The smallest absolute Gasteiger partial charge is 0.273 e. The van der Waals surface area contributed by atoms with E-state index in [1.54, 1.807) is 19.1 Å². The van der Waals surface area contributed by atoms with Crippen LogP contribution in [0.5, 0.6) is 17.2 Å². The molecule has 0 aliphatic carbocycles. The summed E-state index contributed by atoms with van der Waals surface area (Å²) in [6.45, 7) is 1.60. The van der Waals surface area contributed by atoms with E-state index in [1.807, 2.05) is 0 Å². The predicted octanol–water partition coefficient (Wildman–Crippen LogP) is 2.69. The van der Waals surface area contributed by atoms with Gasteiger partial charge in [-0.05, 0) is 25.1 Å². The molecule has 1 N–H and O–H groups in total. The third-order valence-electron chi connectivity index (χ3n) is 3.77. The first kappa shape index (κ1) is 19.7. The van der Waals surface area contributed by atoms with Crippen molar-refractivity contribution in [3.8, 4) is 17.2 Å². The van der Waals surface area contributed by atoms with Crippen LogP contribution in [-0.4, -0.2) is 38.4 Å². The highest BCUT2D eigenvalue weighted by molar-refractivity contribution is 5.96. The number of nitrogens with zero attached hydrogens (tertiary/aromatic N) is 2. The van der Waals surface area contributed by atoms with Gasteiger partial charge in [0.1, 0.15) is 0 Å². The second-order valence-corrected chi connectivity index (χ2v) is 5.38. The van der Waals surface area contributed by atoms with Crippen LogP contribution >= 0.6 is 0 Å². The van der Waals surface area contributed by atoms with Gasteiger partial charge in [-0.25, -0.2) is 5.43 Å². The molecule has 2 aromatic rings. The molecule has 0 saturated heterocycles. The molecule has 0 saturated carbocycles. The normalized spacial score (nSPS) is 10.5. The Balaban J connectivity index is 2.22. The van der Waals surface area contributed by atoms with Gasteiger partial charge in [0, 0.05) is 22.8 Å². The van der Waals surface area contributed by atoms with E-state index in [0.717, 1.165) is 0 Å². The van der Waals surface area contributed by atoms with Crippen LogP contribution in [0.4, 0.5) is 5.69 Å². The van der Waals surface area contributed by atoms with E-state index in [4.69, 9.17) is 14.2 Å². The Labute approximate surface area is 155 Å². The van der Waals surface area contributed by atoms with Crippen LogP contribution in [0.3, 0.4) is 0 Å². The lowest BCUT2D eigenvalue weighted by atomic mass is 10.1. The molecule has 2 aromatic carbocycles. The number of nitro groups is 1. The standard InChI is InChI=1S/C18H19N3O6/c1-11-5-6-12(9-14(11)21(23)24)18(22)20-19-10-13-7-8-15(25-2)17(27-4)16(13)26-3/h5-10H,1-4H3,(H,20,22)/b19-10+. The van der Waals surface area contributed by atoms with E-state index in [-0.39, 0.29) is 11.3 Å². The van der Waals surface area contributed by atoms with E-state index in [2.05, 4.69) is 10.5 Å². The van der Waals surface area contributed by atoms with Crippen molar-refractivity contribution >= 4 is 17.8 Å². The Morgan fingerprint density at radius 3 is 2.41 bits per heavy atom. The number of rotatable bonds is 7. The summed E-state index contributed by atoms with van der Waals surface area (Å²) in [5.41, 5.74) is 3.34. The summed E-state index contributed by atoms with van der Waals surface area (Å²) in [6.07, 6.45) is 1.38. The van der Waals surface area contributed by atoms with Crippen LogP contribution < -0.4 is 19.6 Å². The number of hydrazone groups is 1. The number of carbonyl (C=O) groups excluding carboxylic acids is 1. The quantitative estimate of drug-likeness (QED) is 0.454. The van der Waals surface area contributed by atoms with Crippen LogP contribution in [0.2, 0.25) is 0 Å². The molecular formula is C18H19N3O6. The van der Waals surface area contributed by atoms with Crippen LogP contribution in [0.15, 0.2) is 35.4 Å². The maximum atomic E-state index is 12.2. The van der Waals surface area contributed by atoms with Crippen LogP contribution in [-0.2, 0) is 0 Å². The number of nitrogens with one attached hydrogen (secondary N) is 1. The van der Waals surface area contributed by atoms with Gasteiger partial charge in [-0.1, -0.05) is 6.07 Å². The molecule has 2 rings (SSSR count). The monoisotopic (exact) mass is 373 g/mol. The fourth-order valence-corrected chi connectivity index (χ4v) is 2.40. The number of benzene rings is 2. The molecule has 0 fully saturated rings. The lowest BCUT2D eigenvalue weighted by molar-refractivity contribution is -0.385. The summed E-state index contributed by atoms with van der Waals surface area (Å²) in [6, 6.07) is 7.57. The van der Waals surface area contributed by atoms with E-state index >= 15 is 0 Å². The molecule has 0 spiro atoms. The molecule has 0 unspecified atom stereocenters. The fraction of sp³-hybridized carbons (Fsp3) is 0.222. The SMILES string of the molecule is COc1ccc(/C=N/NC(=O)c2ccc(C)c([N+](=O)[O-])c2)c(OC)c1OC. The first-order valence-corrected chi connectivity index (χ1v) is 7.80. The average Bonchev–Trinajstić information content (AvgIpc) is 2.67. The molecule has 9 nitrogen and oxygen atoms in total. The van der Waals surface area contributed by atoms with Gasteiger partial charge in [-0.15, -0.1) is 0 Å². The minimum Gasteiger partial charge on any atom is -0.493 e. The third-order valence-corrected chi connectivity index (χ3v) is 3.77. The number of hydrogen-bond donors (Lipinski definition) is 1. The summed E-state index contributed by atoms with van der Waals surface area (Å²) < 4.78 is 15.8. The Hall–Kier alpha value is -3.62. The van der Waals surface area contributed by atoms with Gasteiger partial charge in [0.05, 0.1) is 32.5 Å². The second-order valence-electron chi connectivity index (χ2n) is 5.38. The van der Waals surface area contributed by atoms with Gasteiger partial charge in [0.25, 0.3) is 11.6 Å². The summed E-state index contributed by atoms with van der Waals surface area (Å²) in [4.78, 5) is 22.6. The molecule has 0 heterocycles. The van der Waals surface area contributed by atoms with Crippen molar-refractivity contribution in [1.29, 1.82) is 0 Å². The summed E-state index contributed by atoms with van der Waals surface area (Å²) in [5.74, 6) is 0.696. The Morgan fingerprint density at radius 2 is 1.81 bits per heavy atom. The summed E-state index contributed by atoms with van der Waals surface area (Å²) in [5, 5.41) is 14.9. The zero-order valence-electron chi connectivity index (χ0n) is 15.3. The summed E-state index contributed by atoms with van der Waals surface area (Å²) >= 11 is 0. The number of aryl methyl sites for hydroxylation is 1. The topological polar surface area (TPSA) is 112 Å². The molecule has 9 heteroatoms. The van der Waals surface area contributed by atoms with Crippen molar-refractivity contribution in [2.75, 3.05) is 21.3 Å². The van der Waals surface area contributed by atoms with Gasteiger partial charge < -0.3 is 14.2 Å². The van der Waals surface area contributed by atoms with Crippen LogP contribution in [0, 0.1) is 17.0 Å². The molecule has 0 aliphatic rings. The zero-order chi connectivity index (χ0) is 20.0. The van der Waals surface area contributed by atoms with E-state index < -0.39 is 10.8 Å². The molecule has 0 bridgehead atoms. The molecule has 142 valence electrons. The number of nitro benzene ring substituents is 1. The van der Waals surface area contributed by atoms with Crippen molar-refractivity contribution in [2.24, 2.45) is 5.10 Å². The minimum absolute atomic E-state index is 0.128. The highest BCUT2D eigenvalue weighted by Gasteiger charge is 2.16. The Bertz CT molecular complexity index is 895. The minimum atomic E-state index is -0.575. The maximum absolute atomic E-state index is 12.2. The largest absolute Gasteiger partial charge is 0.493 e. The summed E-state index contributed by atoms with van der Waals surface area (Å²) in [7, 11) is 4.46. The predicted molar refractivity (Wildman–Crippen MR) is 99.0 cm³/mol. The van der Waals surface area contributed by atoms with Gasteiger partial charge in [-0.3, -0.25) is 14.9 Å². The van der Waals surface area contributed by atoms with Gasteiger partial charge in [0.2, 0.25) is 5.75 Å². The lowest BCUT2D eigenvalue weighted by Gasteiger charge is -2.13. The van der Waals surface area contributed by atoms with Crippen LogP contribution in [0.1, 0.15) is 21.5 Å². The van der Waals surface area contributed by atoms with Gasteiger partial charge in [0.15, 0.2) is 11.5 Å². The molecule has 0 aromatic heterocycles. The number of methoxy groups -OCH3 is 3. The molecule has 0 atom stereocenters. The van der Waals surface area contributed by atoms with E-state index in [1.165, 1.54) is 45.7 Å². The number of carbonyl (C=O) groups is 1. The van der Waals surface area contributed by atoms with Crippen molar-refractivity contribution in [3.63, 3.8) is 0 Å². The Kier molecular flexibility index (Phi) is 6.32. The van der Waals surface area contributed by atoms with Gasteiger partial charge >= 0.3 is 0 Å². The van der Waals surface area contributed by atoms with Crippen molar-refractivity contribution in [3.05, 3.63) is 57.1 Å². The fourth-order valence-electron chi connectivity index (χ4n) is 2.40. The van der Waals surface area contributed by atoms with Crippen molar-refractivity contribution < 1.29 is 23.9 Å². The number of amides is 1. The third kappa shape index (κ3) is 4.32. The van der Waals surface area contributed by atoms with E-state index in [9.17, 15) is 14.9 Å². The number of hydrogen-bond acceptors (Lipinski definition) is 7. The highest BCUT2D eigenvalue weighted by Crippen LogP contribution is 2.38. The molecule has 27 heavy (non-hydrogen) atoms. The lowest BCUT2D eigenvalue weighted by Crippen LogP contribution is -2.18. The van der Waals surface area contributed by atoms with Gasteiger partial charge in [-0.2, -0.15) is 5.10 Å². The Morgan fingerprint density at radius 1 is 1.11 bits per heavy atom. The van der Waals surface area contributed by atoms with Crippen molar-refractivity contribution in [1.82, 2.24) is 5.43 Å². The highest BCUT2D eigenvalue weighted by atomic mass is 16.6. The maximum Gasteiger partial charge on any atom is 0.273 e. The van der Waals surface area contributed by atoms with E-state index in [0.29, 0.717) is 28.4 Å². The molecular weight excluding hydrogens is 354 g/mol. The van der Waals surface area contributed by atoms with Crippen molar-refractivity contribution in [2.45, 2.75) is 6.92 Å². The first-order valence-electron chi connectivity index (χ1n) is 7.80. The first-order chi connectivity index (χ1) is 12.9. The second kappa shape index (κ2) is 8.65. The molecule has 1 amide bonds. The molecule has 0 aliphatic heterocycles.